The van der Waals surface area contributed by atoms with Gasteiger partial charge in [0.25, 0.3) is 0 Å². The van der Waals surface area contributed by atoms with Crippen molar-refractivity contribution in [2.24, 2.45) is 29.4 Å². The van der Waals surface area contributed by atoms with Gasteiger partial charge in [-0.2, -0.15) is 0 Å². The second-order valence-corrected chi connectivity index (χ2v) is 6.52. The summed E-state index contributed by atoms with van der Waals surface area (Å²) in [6.07, 6.45) is 7.03. The van der Waals surface area contributed by atoms with Crippen molar-refractivity contribution < 1.29 is 4.79 Å². The van der Waals surface area contributed by atoms with E-state index in [2.05, 4.69) is 12.2 Å². The van der Waals surface area contributed by atoms with E-state index in [9.17, 15) is 4.79 Å². The molecule has 3 N–H and O–H groups in total. The van der Waals surface area contributed by atoms with Crippen molar-refractivity contribution in [3.8, 4) is 0 Å². The average molecular weight is 273 g/mol. The van der Waals surface area contributed by atoms with Crippen LogP contribution in [0.1, 0.15) is 45.4 Å². The number of rotatable bonds is 2. The fourth-order valence-electron chi connectivity index (χ4n) is 3.83. The third-order valence-corrected chi connectivity index (χ3v) is 5.22. The molecule has 2 bridgehead atoms. The van der Waals surface area contributed by atoms with Gasteiger partial charge in [-0.1, -0.05) is 13.3 Å². The first-order valence-electron chi connectivity index (χ1n) is 7.21. The van der Waals surface area contributed by atoms with E-state index >= 15 is 0 Å². The molecule has 3 nitrogen and oxygen atoms in total. The van der Waals surface area contributed by atoms with Crippen molar-refractivity contribution in [1.29, 1.82) is 0 Å². The van der Waals surface area contributed by atoms with Crippen LogP contribution in [-0.2, 0) is 4.79 Å². The summed E-state index contributed by atoms with van der Waals surface area (Å²) in [5.41, 5.74) is 6.25. The molecule has 0 aromatic carbocycles. The van der Waals surface area contributed by atoms with Crippen molar-refractivity contribution in [1.82, 2.24) is 5.32 Å². The van der Waals surface area contributed by atoms with Gasteiger partial charge >= 0.3 is 0 Å². The molecule has 104 valence electrons. The standard InChI is InChI=1S/C14H24N2O.ClH/c1-8-5-12(8)16-14(17)11-6-9-3-2-4-10(7-11)13(9)15;/h8-13H,2-7,15H2,1H3,(H,16,17);1H. The molecule has 4 heteroatoms. The SMILES string of the molecule is CC1CC1NC(=O)C1CC2CCCC(C1)C2N.Cl. The summed E-state index contributed by atoms with van der Waals surface area (Å²) in [6.45, 7) is 2.20. The van der Waals surface area contributed by atoms with Crippen LogP contribution in [0.4, 0.5) is 0 Å². The summed E-state index contributed by atoms with van der Waals surface area (Å²) in [6, 6.07) is 0.839. The van der Waals surface area contributed by atoms with Crippen molar-refractivity contribution in [3.05, 3.63) is 0 Å². The lowest BCUT2D eigenvalue weighted by Gasteiger charge is -2.43. The number of nitrogens with one attached hydrogen (secondary N) is 1. The molecule has 3 aliphatic rings. The van der Waals surface area contributed by atoms with Gasteiger partial charge in [-0.25, -0.2) is 0 Å². The van der Waals surface area contributed by atoms with E-state index in [1.807, 2.05) is 0 Å². The number of amides is 1. The molecule has 3 aliphatic carbocycles. The van der Waals surface area contributed by atoms with Gasteiger partial charge in [-0.3, -0.25) is 4.79 Å². The zero-order valence-electron chi connectivity index (χ0n) is 11.1. The maximum absolute atomic E-state index is 12.2. The molecule has 4 unspecified atom stereocenters. The Morgan fingerprint density at radius 2 is 1.72 bits per heavy atom. The quantitative estimate of drug-likeness (QED) is 0.809. The number of carbonyl (C=O) groups is 1. The third kappa shape index (κ3) is 2.67. The predicted molar refractivity (Wildman–Crippen MR) is 74.5 cm³/mol. The molecule has 0 radical (unpaired) electrons. The summed E-state index contributed by atoms with van der Waals surface area (Å²) in [5.74, 6) is 2.47. The first-order valence-corrected chi connectivity index (χ1v) is 7.21. The van der Waals surface area contributed by atoms with Gasteiger partial charge < -0.3 is 11.1 Å². The van der Waals surface area contributed by atoms with Crippen molar-refractivity contribution in [2.75, 3.05) is 0 Å². The molecule has 3 saturated carbocycles. The summed E-state index contributed by atoms with van der Waals surface area (Å²) in [7, 11) is 0. The van der Waals surface area contributed by atoms with E-state index < -0.39 is 0 Å². The highest BCUT2D eigenvalue weighted by molar-refractivity contribution is 5.85. The Kier molecular flexibility index (Phi) is 4.22. The predicted octanol–water partition coefficient (Wildman–Crippen LogP) is 2.09. The minimum absolute atomic E-state index is 0. The molecule has 0 aromatic rings. The summed E-state index contributed by atoms with van der Waals surface area (Å²) in [4.78, 5) is 12.2. The van der Waals surface area contributed by atoms with Crippen LogP contribution >= 0.6 is 12.4 Å². The zero-order chi connectivity index (χ0) is 12.0. The highest BCUT2D eigenvalue weighted by Crippen LogP contribution is 2.42. The minimum Gasteiger partial charge on any atom is -0.353 e. The van der Waals surface area contributed by atoms with Gasteiger partial charge in [0.1, 0.15) is 0 Å². The van der Waals surface area contributed by atoms with E-state index in [1.54, 1.807) is 0 Å². The number of hydrogen-bond donors (Lipinski definition) is 2. The second kappa shape index (κ2) is 5.38. The normalized spacial score (nSPS) is 45.9. The van der Waals surface area contributed by atoms with Crippen LogP contribution in [0, 0.1) is 23.7 Å². The van der Waals surface area contributed by atoms with E-state index in [0.29, 0.717) is 35.7 Å². The van der Waals surface area contributed by atoms with Crippen LogP contribution in [0.5, 0.6) is 0 Å². The average Bonchev–Trinajstić information content (AvgIpc) is 2.93. The minimum atomic E-state index is 0. The second-order valence-electron chi connectivity index (χ2n) is 6.52. The van der Waals surface area contributed by atoms with Crippen LogP contribution in [0.3, 0.4) is 0 Å². The number of carbonyl (C=O) groups excluding carboxylic acids is 1. The lowest BCUT2D eigenvalue weighted by molar-refractivity contribution is -0.128. The molecule has 0 aliphatic heterocycles. The van der Waals surface area contributed by atoms with Gasteiger partial charge in [0.2, 0.25) is 5.91 Å². The van der Waals surface area contributed by atoms with Crippen LogP contribution < -0.4 is 11.1 Å². The molecule has 0 heterocycles. The lowest BCUT2D eigenvalue weighted by atomic mass is 9.65. The Morgan fingerprint density at radius 1 is 1.17 bits per heavy atom. The number of nitrogens with two attached hydrogens (primary N) is 1. The Labute approximate surface area is 116 Å². The fourth-order valence-corrected chi connectivity index (χ4v) is 3.83. The van der Waals surface area contributed by atoms with E-state index in [4.69, 9.17) is 5.73 Å². The Balaban J connectivity index is 0.00000120. The molecule has 4 atom stereocenters. The van der Waals surface area contributed by atoms with Crippen LogP contribution in [0.25, 0.3) is 0 Å². The number of hydrogen-bond acceptors (Lipinski definition) is 2. The maximum atomic E-state index is 12.2. The van der Waals surface area contributed by atoms with Crippen molar-refractivity contribution in [2.45, 2.75) is 57.5 Å². The molecule has 1 amide bonds. The van der Waals surface area contributed by atoms with E-state index in [0.717, 1.165) is 12.8 Å². The fraction of sp³-hybridized carbons (Fsp3) is 0.929. The lowest BCUT2D eigenvalue weighted by Crippen LogP contribution is -2.49. The smallest absolute Gasteiger partial charge is 0.223 e. The van der Waals surface area contributed by atoms with Crippen molar-refractivity contribution >= 4 is 18.3 Å². The van der Waals surface area contributed by atoms with Crippen LogP contribution in [0.2, 0.25) is 0 Å². The van der Waals surface area contributed by atoms with Crippen LogP contribution in [-0.4, -0.2) is 18.0 Å². The van der Waals surface area contributed by atoms with Crippen LogP contribution in [0.15, 0.2) is 0 Å². The van der Waals surface area contributed by atoms with Gasteiger partial charge in [0.05, 0.1) is 0 Å². The summed E-state index contributed by atoms with van der Waals surface area (Å²) < 4.78 is 0. The third-order valence-electron chi connectivity index (χ3n) is 5.22. The molecule has 3 fully saturated rings. The van der Waals surface area contributed by atoms with Gasteiger partial charge in [-0.15, -0.1) is 12.4 Å². The first kappa shape index (κ1) is 14.1. The summed E-state index contributed by atoms with van der Waals surface area (Å²) >= 11 is 0. The van der Waals surface area contributed by atoms with Gasteiger partial charge in [-0.05, 0) is 49.9 Å². The zero-order valence-corrected chi connectivity index (χ0v) is 11.9. The topological polar surface area (TPSA) is 55.1 Å². The number of fused-ring (bicyclic) bond motifs is 2. The molecule has 0 spiro atoms. The molecular weight excluding hydrogens is 248 g/mol. The maximum Gasteiger partial charge on any atom is 0.223 e. The Morgan fingerprint density at radius 3 is 2.22 bits per heavy atom. The molecule has 0 aromatic heterocycles. The largest absolute Gasteiger partial charge is 0.353 e. The van der Waals surface area contributed by atoms with Gasteiger partial charge in [0.15, 0.2) is 0 Å². The van der Waals surface area contributed by atoms with E-state index in [1.165, 1.54) is 25.7 Å². The molecule has 18 heavy (non-hydrogen) atoms. The number of halogens is 1. The van der Waals surface area contributed by atoms with Gasteiger partial charge in [0, 0.05) is 18.0 Å². The molecular formula is C14H25ClN2O. The Hall–Kier alpha value is -0.280. The highest BCUT2D eigenvalue weighted by Gasteiger charge is 2.42. The monoisotopic (exact) mass is 272 g/mol. The first-order chi connectivity index (χ1) is 8.15. The highest BCUT2D eigenvalue weighted by atomic mass is 35.5. The molecule has 0 saturated heterocycles. The Bertz CT molecular complexity index is 309. The molecule has 3 rings (SSSR count). The van der Waals surface area contributed by atoms with E-state index in [-0.39, 0.29) is 18.3 Å². The summed E-state index contributed by atoms with van der Waals surface area (Å²) in [5, 5.41) is 3.20. The van der Waals surface area contributed by atoms with Crippen molar-refractivity contribution in [3.63, 3.8) is 0 Å².